The van der Waals surface area contributed by atoms with Crippen molar-refractivity contribution < 1.29 is 4.74 Å². The summed E-state index contributed by atoms with van der Waals surface area (Å²) in [4.78, 5) is 0. The summed E-state index contributed by atoms with van der Waals surface area (Å²) in [6, 6.07) is 0. The number of hydrogen-bond donors (Lipinski definition) is 1. The Morgan fingerprint density at radius 3 is 2.47 bits per heavy atom. The summed E-state index contributed by atoms with van der Waals surface area (Å²) in [5.41, 5.74) is 0.547. The largest absolute Gasteiger partial charge is 0.379 e. The molecule has 0 aliphatic heterocycles. The van der Waals surface area contributed by atoms with Crippen LogP contribution in [0.1, 0.15) is 52.9 Å². The summed E-state index contributed by atoms with van der Waals surface area (Å²) < 4.78 is 5.68. The van der Waals surface area contributed by atoms with Crippen molar-refractivity contribution in [3.8, 4) is 0 Å². The summed E-state index contributed by atoms with van der Waals surface area (Å²) in [7, 11) is 0. The summed E-state index contributed by atoms with van der Waals surface area (Å²) >= 11 is 0. The van der Waals surface area contributed by atoms with Crippen LogP contribution >= 0.6 is 0 Å². The molecule has 0 aromatic rings. The van der Waals surface area contributed by atoms with Gasteiger partial charge in [0.2, 0.25) is 0 Å². The molecule has 0 amide bonds. The molecule has 0 atom stereocenters. The second-order valence-corrected chi connectivity index (χ2v) is 5.16. The zero-order chi connectivity index (χ0) is 11.1. The first-order chi connectivity index (χ1) is 7.18. The summed E-state index contributed by atoms with van der Waals surface area (Å²) in [5, 5.41) is 3.51. The quantitative estimate of drug-likeness (QED) is 0.702. The molecule has 0 bridgehead atoms. The van der Waals surface area contributed by atoms with Crippen LogP contribution in [-0.2, 0) is 4.74 Å². The third-order valence-electron chi connectivity index (χ3n) is 3.50. The first kappa shape index (κ1) is 13.0. The number of ether oxygens (including phenoxy) is 1. The zero-order valence-corrected chi connectivity index (χ0v) is 10.6. The molecule has 2 heteroatoms. The van der Waals surface area contributed by atoms with E-state index in [9.17, 15) is 0 Å². The van der Waals surface area contributed by atoms with E-state index in [4.69, 9.17) is 4.74 Å². The van der Waals surface area contributed by atoms with Crippen LogP contribution in [-0.4, -0.2) is 25.8 Å². The maximum absolute atomic E-state index is 5.68. The van der Waals surface area contributed by atoms with E-state index in [1.54, 1.807) is 0 Å². The Hall–Kier alpha value is -0.0800. The van der Waals surface area contributed by atoms with E-state index in [1.807, 2.05) is 0 Å². The fourth-order valence-electron chi connectivity index (χ4n) is 2.54. The molecule has 15 heavy (non-hydrogen) atoms. The molecule has 0 saturated heterocycles. The smallest absolute Gasteiger partial charge is 0.0518 e. The SMILES string of the molecule is CCNCC1(CCOC(C)C)CCCC1. The van der Waals surface area contributed by atoms with E-state index in [2.05, 4.69) is 26.1 Å². The highest BCUT2D eigenvalue weighted by atomic mass is 16.5. The number of nitrogens with one attached hydrogen (secondary N) is 1. The van der Waals surface area contributed by atoms with E-state index in [-0.39, 0.29) is 0 Å². The van der Waals surface area contributed by atoms with Crippen molar-refractivity contribution in [1.29, 1.82) is 0 Å². The topological polar surface area (TPSA) is 21.3 Å². The first-order valence-corrected chi connectivity index (χ1v) is 6.51. The average Bonchev–Trinajstić information content (AvgIpc) is 2.64. The van der Waals surface area contributed by atoms with Crippen LogP contribution in [0.5, 0.6) is 0 Å². The van der Waals surface area contributed by atoms with Gasteiger partial charge in [-0.3, -0.25) is 0 Å². The maximum Gasteiger partial charge on any atom is 0.0518 e. The predicted molar refractivity (Wildman–Crippen MR) is 65.1 cm³/mol. The van der Waals surface area contributed by atoms with E-state index in [0.29, 0.717) is 11.5 Å². The fraction of sp³-hybridized carbons (Fsp3) is 1.00. The Morgan fingerprint density at radius 2 is 1.93 bits per heavy atom. The third-order valence-corrected chi connectivity index (χ3v) is 3.50. The van der Waals surface area contributed by atoms with Gasteiger partial charge < -0.3 is 10.1 Å². The lowest BCUT2D eigenvalue weighted by atomic mass is 9.83. The molecule has 0 radical (unpaired) electrons. The predicted octanol–water partition coefficient (Wildman–Crippen LogP) is 2.97. The van der Waals surface area contributed by atoms with Crippen LogP contribution in [0.3, 0.4) is 0 Å². The highest BCUT2D eigenvalue weighted by Gasteiger charge is 2.32. The van der Waals surface area contributed by atoms with Gasteiger partial charge in [0, 0.05) is 13.2 Å². The minimum absolute atomic E-state index is 0.377. The Labute approximate surface area is 94.8 Å². The second kappa shape index (κ2) is 6.49. The lowest BCUT2D eigenvalue weighted by molar-refractivity contribution is 0.0515. The number of rotatable bonds is 7. The van der Waals surface area contributed by atoms with E-state index in [1.165, 1.54) is 38.6 Å². The van der Waals surface area contributed by atoms with Crippen molar-refractivity contribution in [2.24, 2.45) is 5.41 Å². The van der Waals surface area contributed by atoms with Crippen LogP contribution in [0.25, 0.3) is 0 Å². The molecule has 0 spiro atoms. The molecular formula is C13H27NO. The summed E-state index contributed by atoms with van der Waals surface area (Å²) in [5.74, 6) is 0. The molecule has 0 aromatic carbocycles. The molecule has 1 N–H and O–H groups in total. The number of hydrogen-bond acceptors (Lipinski definition) is 2. The maximum atomic E-state index is 5.68. The third kappa shape index (κ3) is 4.52. The summed E-state index contributed by atoms with van der Waals surface area (Å²) in [6.45, 7) is 9.63. The van der Waals surface area contributed by atoms with Gasteiger partial charge in [-0.1, -0.05) is 19.8 Å². The molecule has 1 aliphatic rings. The lowest BCUT2D eigenvalue weighted by Gasteiger charge is -2.29. The Morgan fingerprint density at radius 1 is 1.27 bits per heavy atom. The van der Waals surface area contributed by atoms with Crippen LogP contribution < -0.4 is 5.32 Å². The van der Waals surface area contributed by atoms with Crippen LogP contribution in [0.2, 0.25) is 0 Å². The minimum atomic E-state index is 0.377. The van der Waals surface area contributed by atoms with Gasteiger partial charge in [0.05, 0.1) is 6.10 Å². The van der Waals surface area contributed by atoms with E-state index < -0.39 is 0 Å². The van der Waals surface area contributed by atoms with Gasteiger partial charge in [-0.05, 0) is 45.1 Å². The molecule has 1 aliphatic carbocycles. The van der Waals surface area contributed by atoms with Gasteiger partial charge >= 0.3 is 0 Å². The highest BCUT2D eigenvalue weighted by Crippen LogP contribution is 2.40. The Bertz CT molecular complexity index is 162. The standard InChI is InChI=1S/C13H27NO/c1-4-14-11-13(7-5-6-8-13)9-10-15-12(2)3/h12,14H,4-11H2,1-3H3. The molecule has 1 rings (SSSR count). The van der Waals surface area contributed by atoms with Crippen LogP contribution in [0, 0.1) is 5.41 Å². The van der Waals surface area contributed by atoms with Crippen molar-refractivity contribution in [3.63, 3.8) is 0 Å². The molecule has 0 unspecified atom stereocenters. The first-order valence-electron chi connectivity index (χ1n) is 6.51. The van der Waals surface area contributed by atoms with Crippen LogP contribution in [0.15, 0.2) is 0 Å². The van der Waals surface area contributed by atoms with Gasteiger partial charge in [0.1, 0.15) is 0 Å². The molecule has 2 nitrogen and oxygen atoms in total. The normalized spacial score (nSPS) is 20.0. The highest BCUT2D eigenvalue weighted by molar-refractivity contribution is 4.86. The van der Waals surface area contributed by atoms with Crippen molar-refractivity contribution >= 4 is 0 Å². The van der Waals surface area contributed by atoms with Crippen molar-refractivity contribution in [2.45, 2.75) is 59.0 Å². The lowest BCUT2D eigenvalue weighted by Crippen LogP contribution is -2.33. The van der Waals surface area contributed by atoms with Gasteiger partial charge in [0.15, 0.2) is 0 Å². The second-order valence-electron chi connectivity index (χ2n) is 5.16. The van der Waals surface area contributed by atoms with Crippen LogP contribution in [0.4, 0.5) is 0 Å². The van der Waals surface area contributed by atoms with Crippen molar-refractivity contribution in [2.75, 3.05) is 19.7 Å². The van der Waals surface area contributed by atoms with E-state index >= 15 is 0 Å². The summed E-state index contributed by atoms with van der Waals surface area (Å²) in [6.07, 6.45) is 7.21. The Balaban J connectivity index is 2.29. The van der Waals surface area contributed by atoms with Gasteiger partial charge in [-0.25, -0.2) is 0 Å². The fourth-order valence-corrected chi connectivity index (χ4v) is 2.54. The molecule has 1 fully saturated rings. The molecule has 0 aromatic heterocycles. The Kier molecular flexibility index (Phi) is 5.62. The minimum Gasteiger partial charge on any atom is -0.379 e. The van der Waals surface area contributed by atoms with E-state index in [0.717, 1.165) is 13.2 Å². The van der Waals surface area contributed by atoms with Gasteiger partial charge in [-0.2, -0.15) is 0 Å². The monoisotopic (exact) mass is 213 g/mol. The molecule has 0 heterocycles. The van der Waals surface area contributed by atoms with Gasteiger partial charge in [0.25, 0.3) is 0 Å². The van der Waals surface area contributed by atoms with Gasteiger partial charge in [-0.15, -0.1) is 0 Å². The van der Waals surface area contributed by atoms with Crippen molar-refractivity contribution in [1.82, 2.24) is 5.32 Å². The zero-order valence-electron chi connectivity index (χ0n) is 10.6. The molecule has 90 valence electrons. The van der Waals surface area contributed by atoms with Crippen molar-refractivity contribution in [3.05, 3.63) is 0 Å². The molecular weight excluding hydrogens is 186 g/mol. The molecule has 1 saturated carbocycles. The average molecular weight is 213 g/mol.